The number of likely N-dealkylation sites (N-methyl/N-ethyl adjacent to an activating group) is 1. The lowest BCUT2D eigenvalue weighted by atomic mass is 10.1. The second kappa shape index (κ2) is 5.66. The van der Waals surface area contributed by atoms with E-state index in [1.165, 1.54) is 12.8 Å². The van der Waals surface area contributed by atoms with Crippen molar-refractivity contribution in [2.75, 3.05) is 32.1 Å². The van der Waals surface area contributed by atoms with E-state index in [1.807, 2.05) is 0 Å². The molecule has 1 aromatic heterocycles. The lowest BCUT2D eigenvalue weighted by molar-refractivity contribution is 0.266. The molecule has 2 atom stereocenters. The van der Waals surface area contributed by atoms with Gasteiger partial charge in [0.25, 0.3) is 0 Å². The summed E-state index contributed by atoms with van der Waals surface area (Å²) in [5, 5.41) is 12.2. The van der Waals surface area contributed by atoms with Crippen LogP contribution in [0.15, 0.2) is 12.1 Å². The first-order valence-electron chi connectivity index (χ1n) is 7.61. The summed E-state index contributed by atoms with van der Waals surface area (Å²) in [5.74, 6) is 1.68. The summed E-state index contributed by atoms with van der Waals surface area (Å²) < 4.78 is 0. The van der Waals surface area contributed by atoms with Gasteiger partial charge in [0, 0.05) is 31.7 Å². The van der Waals surface area contributed by atoms with Crippen molar-refractivity contribution < 1.29 is 0 Å². The Bertz CT molecular complexity index is 440. The van der Waals surface area contributed by atoms with Gasteiger partial charge in [-0.05, 0) is 45.0 Å². The fourth-order valence-corrected chi connectivity index (χ4v) is 2.96. The fourth-order valence-electron chi connectivity index (χ4n) is 2.96. The lowest BCUT2D eigenvalue weighted by Crippen LogP contribution is -2.34. The fraction of sp³-hybridized carbons (Fsp3) is 0.733. The number of aromatic nitrogens is 2. The Balaban J connectivity index is 1.59. The average Bonchev–Trinajstić information content (AvgIpc) is 3.18. The second-order valence-electron chi connectivity index (χ2n) is 6.45. The molecule has 0 bridgehead atoms. The van der Waals surface area contributed by atoms with E-state index in [0.717, 1.165) is 37.2 Å². The van der Waals surface area contributed by atoms with Gasteiger partial charge in [0.2, 0.25) is 0 Å². The van der Waals surface area contributed by atoms with Crippen LogP contribution in [0.2, 0.25) is 0 Å². The van der Waals surface area contributed by atoms with E-state index < -0.39 is 0 Å². The molecule has 5 nitrogen and oxygen atoms in total. The molecule has 0 amide bonds. The van der Waals surface area contributed by atoms with Crippen LogP contribution in [-0.4, -0.2) is 54.4 Å². The molecular weight excluding hydrogens is 250 g/mol. The largest absolute Gasteiger partial charge is 0.353 e. The average molecular weight is 275 g/mol. The zero-order valence-corrected chi connectivity index (χ0v) is 12.7. The summed E-state index contributed by atoms with van der Waals surface area (Å²) in [6, 6.07) is 5.54. The van der Waals surface area contributed by atoms with E-state index in [4.69, 9.17) is 0 Å². The third kappa shape index (κ3) is 3.10. The van der Waals surface area contributed by atoms with Crippen molar-refractivity contribution in [3.8, 4) is 0 Å². The van der Waals surface area contributed by atoms with Crippen LogP contribution in [0, 0.1) is 5.92 Å². The van der Waals surface area contributed by atoms with Crippen LogP contribution in [0.25, 0.3) is 0 Å². The van der Waals surface area contributed by atoms with Gasteiger partial charge in [0.1, 0.15) is 0 Å². The first kappa shape index (κ1) is 13.8. The Morgan fingerprint density at radius 1 is 1.25 bits per heavy atom. The van der Waals surface area contributed by atoms with Gasteiger partial charge < -0.3 is 15.1 Å². The molecule has 20 heavy (non-hydrogen) atoms. The molecule has 1 N–H and O–H groups in total. The Labute approximate surface area is 121 Å². The highest BCUT2D eigenvalue weighted by Gasteiger charge is 2.31. The van der Waals surface area contributed by atoms with Crippen molar-refractivity contribution in [1.29, 1.82) is 0 Å². The van der Waals surface area contributed by atoms with E-state index in [0.29, 0.717) is 12.0 Å². The molecule has 110 valence electrons. The van der Waals surface area contributed by atoms with Crippen LogP contribution >= 0.6 is 0 Å². The molecule has 3 rings (SSSR count). The highest BCUT2D eigenvalue weighted by molar-refractivity contribution is 5.39. The number of hydrogen-bond acceptors (Lipinski definition) is 5. The zero-order valence-electron chi connectivity index (χ0n) is 12.7. The van der Waals surface area contributed by atoms with Crippen LogP contribution in [0.4, 0.5) is 5.82 Å². The van der Waals surface area contributed by atoms with Crippen LogP contribution in [0.1, 0.15) is 25.5 Å². The van der Waals surface area contributed by atoms with E-state index >= 15 is 0 Å². The van der Waals surface area contributed by atoms with Gasteiger partial charge in [-0.3, -0.25) is 0 Å². The Morgan fingerprint density at radius 2 is 2.05 bits per heavy atom. The maximum absolute atomic E-state index is 4.40. The molecule has 1 aromatic rings. The van der Waals surface area contributed by atoms with Crippen LogP contribution < -0.4 is 10.2 Å². The van der Waals surface area contributed by atoms with Gasteiger partial charge in [-0.25, -0.2) is 0 Å². The minimum absolute atomic E-state index is 0.605. The SMILES string of the molecule is CC1CN(c2ccc(CNC3CC3)nn2)CC1N(C)C. The van der Waals surface area contributed by atoms with Gasteiger partial charge in [0.15, 0.2) is 5.82 Å². The maximum Gasteiger partial charge on any atom is 0.151 e. The second-order valence-corrected chi connectivity index (χ2v) is 6.45. The summed E-state index contributed by atoms with van der Waals surface area (Å²) >= 11 is 0. The predicted molar refractivity (Wildman–Crippen MR) is 80.7 cm³/mol. The number of rotatable bonds is 5. The lowest BCUT2D eigenvalue weighted by Gasteiger charge is -2.22. The molecule has 1 saturated heterocycles. The van der Waals surface area contributed by atoms with Crippen LogP contribution in [0.5, 0.6) is 0 Å². The standard InChI is InChI=1S/C15H25N5/c1-11-9-20(10-14(11)19(2)3)15-7-6-13(17-18-15)8-16-12-4-5-12/h6-7,11-12,14,16H,4-5,8-10H2,1-3H3. The van der Waals surface area contributed by atoms with E-state index in [2.05, 4.69) is 58.5 Å². The quantitative estimate of drug-likeness (QED) is 0.872. The highest BCUT2D eigenvalue weighted by Crippen LogP contribution is 2.24. The minimum atomic E-state index is 0.605. The Kier molecular flexibility index (Phi) is 3.89. The third-order valence-corrected chi connectivity index (χ3v) is 4.41. The van der Waals surface area contributed by atoms with E-state index in [-0.39, 0.29) is 0 Å². The van der Waals surface area contributed by atoms with Crippen molar-refractivity contribution in [2.45, 2.75) is 38.4 Å². The number of nitrogens with one attached hydrogen (secondary N) is 1. The van der Waals surface area contributed by atoms with E-state index in [9.17, 15) is 0 Å². The van der Waals surface area contributed by atoms with Gasteiger partial charge >= 0.3 is 0 Å². The van der Waals surface area contributed by atoms with Gasteiger partial charge in [-0.15, -0.1) is 5.10 Å². The maximum atomic E-state index is 4.40. The third-order valence-electron chi connectivity index (χ3n) is 4.41. The first-order chi connectivity index (χ1) is 9.63. The highest BCUT2D eigenvalue weighted by atomic mass is 15.3. The van der Waals surface area contributed by atoms with Crippen molar-refractivity contribution in [3.63, 3.8) is 0 Å². The van der Waals surface area contributed by atoms with Crippen molar-refractivity contribution in [1.82, 2.24) is 20.4 Å². The number of nitrogens with zero attached hydrogens (tertiary/aromatic N) is 4. The monoisotopic (exact) mass is 275 g/mol. The molecule has 5 heteroatoms. The van der Waals surface area contributed by atoms with Crippen LogP contribution in [-0.2, 0) is 6.54 Å². The number of anilines is 1. The summed E-state index contributed by atoms with van der Waals surface area (Å²) in [5.41, 5.74) is 1.04. The summed E-state index contributed by atoms with van der Waals surface area (Å²) in [6.07, 6.45) is 2.62. The normalized spacial score (nSPS) is 26.5. The van der Waals surface area contributed by atoms with Crippen molar-refractivity contribution >= 4 is 5.82 Å². The Hall–Kier alpha value is -1.20. The summed E-state index contributed by atoms with van der Waals surface area (Å²) in [4.78, 5) is 4.66. The predicted octanol–water partition coefficient (Wildman–Crippen LogP) is 1.11. The zero-order chi connectivity index (χ0) is 14.1. The van der Waals surface area contributed by atoms with Gasteiger partial charge in [-0.2, -0.15) is 5.10 Å². The molecule has 0 spiro atoms. The minimum Gasteiger partial charge on any atom is -0.353 e. The molecule has 2 aliphatic rings. The molecule has 0 aromatic carbocycles. The summed E-state index contributed by atoms with van der Waals surface area (Å²) in [6.45, 7) is 5.26. The van der Waals surface area contributed by atoms with Crippen LogP contribution in [0.3, 0.4) is 0 Å². The molecule has 2 unspecified atom stereocenters. The first-order valence-corrected chi connectivity index (χ1v) is 7.61. The van der Waals surface area contributed by atoms with Gasteiger partial charge in [-0.1, -0.05) is 6.92 Å². The molecule has 1 aliphatic heterocycles. The molecule has 1 saturated carbocycles. The molecule has 2 fully saturated rings. The van der Waals surface area contributed by atoms with Crippen molar-refractivity contribution in [2.24, 2.45) is 5.92 Å². The Morgan fingerprint density at radius 3 is 2.60 bits per heavy atom. The smallest absolute Gasteiger partial charge is 0.151 e. The van der Waals surface area contributed by atoms with Gasteiger partial charge in [0.05, 0.1) is 5.69 Å². The van der Waals surface area contributed by atoms with E-state index in [1.54, 1.807) is 0 Å². The molecule has 1 aliphatic carbocycles. The number of hydrogen-bond donors (Lipinski definition) is 1. The van der Waals surface area contributed by atoms with Crippen molar-refractivity contribution in [3.05, 3.63) is 17.8 Å². The molecule has 0 radical (unpaired) electrons. The topological polar surface area (TPSA) is 44.3 Å². The molecular formula is C15H25N5. The summed E-state index contributed by atoms with van der Waals surface area (Å²) in [7, 11) is 4.31. The molecule has 2 heterocycles.